The van der Waals surface area contributed by atoms with Crippen molar-refractivity contribution >= 4 is 11.6 Å². The fourth-order valence-corrected chi connectivity index (χ4v) is 7.46. The van der Waals surface area contributed by atoms with Gasteiger partial charge < -0.3 is 5.11 Å². The summed E-state index contributed by atoms with van der Waals surface area (Å²) in [6.45, 7) is 5.41. The Bertz CT molecular complexity index is 710. The van der Waals surface area contributed by atoms with Crippen LogP contribution in [0.2, 0.25) is 0 Å². The summed E-state index contributed by atoms with van der Waals surface area (Å²) in [5.74, 6) is 0.317. The van der Waals surface area contributed by atoms with E-state index < -0.39 is 12.8 Å². The number of Topliss-reactive ketones (excluding diaryl/α,β-unsaturated/α-hetero) is 1. The number of hydrogen-bond acceptors (Lipinski definition) is 3. The summed E-state index contributed by atoms with van der Waals surface area (Å²) in [4.78, 5) is 24.2. The lowest BCUT2D eigenvalue weighted by Crippen LogP contribution is -2.56. The lowest BCUT2D eigenvalue weighted by atomic mass is 9.46. The zero-order chi connectivity index (χ0) is 18.9. The molecule has 4 heteroatoms. The van der Waals surface area contributed by atoms with Gasteiger partial charge in [-0.05, 0) is 61.0 Å². The number of ketones is 2. The molecule has 4 aliphatic carbocycles. The van der Waals surface area contributed by atoms with Crippen LogP contribution < -0.4 is 0 Å². The molecule has 3 saturated carbocycles. The average molecular weight is 360 g/mol. The predicted molar refractivity (Wildman–Crippen MR) is 97.0 cm³/mol. The molecule has 0 aromatic rings. The molecule has 3 nitrogen and oxygen atoms in total. The van der Waals surface area contributed by atoms with Gasteiger partial charge in [0.1, 0.15) is 6.67 Å². The first-order valence-electron chi connectivity index (χ1n) is 9.93. The fraction of sp³-hybridized carbons (Fsp3) is 0.727. The lowest BCUT2D eigenvalue weighted by Gasteiger charge is -2.58. The highest BCUT2D eigenvalue weighted by Gasteiger charge is 2.64. The van der Waals surface area contributed by atoms with Gasteiger partial charge in [0.15, 0.2) is 11.6 Å². The molecular weight excluding hydrogens is 331 g/mol. The highest BCUT2D eigenvalue weighted by atomic mass is 19.1. The average Bonchev–Trinajstić information content (AvgIpc) is 2.84. The van der Waals surface area contributed by atoms with Crippen molar-refractivity contribution in [2.24, 2.45) is 40.4 Å². The standard InChI is InChI=1S/C22H29FO3/c1-12-8-16-15-5-4-13-9-14(24)6-7-21(13,2)20(15)17(25)10-22(16,3)19(12)18(26)11-23/h6-7,9,12,15-17,19-20,25H,4-5,8,10-11H2,1-3H3/t12-,15+,16+,17+,19-,20-,21+,22+/m1/s1. The van der Waals surface area contributed by atoms with Gasteiger partial charge in [0, 0.05) is 17.3 Å². The van der Waals surface area contributed by atoms with Crippen molar-refractivity contribution in [1.29, 1.82) is 0 Å². The summed E-state index contributed by atoms with van der Waals surface area (Å²) < 4.78 is 13.2. The number of aliphatic hydroxyl groups excluding tert-OH is 1. The Balaban J connectivity index is 1.74. The second kappa shape index (κ2) is 5.85. The van der Waals surface area contributed by atoms with Gasteiger partial charge >= 0.3 is 0 Å². The molecule has 0 radical (unpaired) electrons. The van der Waals surface area contributed by atoms with Gasteiger partial charge in [0.05, 0.1) is 6.10 Å². The minimum Gasteiger partial charge on any atom is -0.393 e. The Hall–Kier alpha value is -1.29. The normalized spacial score (nSPS) is 49.9. The Morgan fingerprint density at radius 2 is 2.12 bits per heavy atom. The van der Waals surface area contributed by atoms with E-state index in [2.05, 4.69) is 20.8 Å². The molecular formula is C22H29FO3. The van der Waals surface area contributed by atoms with Crippen LogP contribution in [-0.4, -0.2) is 29.5 Å². The van der Waals surface area contributed by atoms with Crippen LogP contribution >= 0.6 is 0 Å². The smallest absolute Gasteiger partial charge is 0.178 e. The van der Waals surface area contributed by atoms with E-state index in [-0.39, 0.29) is 40.2 Å². The number of halogens is 1. The quantitative estimate of drug-likeness (QED) is 0.817. The van der Waals surface area contributed by atoms with Gasteiger partial charge in [-0.25, -0.2) is 4.39 Å². The summed E-state index contributed by atoms with van der Waals surface area (Å²) >= 11 is 0. The van der Waals surface area contributed by atoms with E-state index in [1.54, 1.807) is 12.2 Å². The van der Waals surface area contributed by atoms with Crippen LogP contribution in [-0.2, 0) is 9.59 Å². The molecule has 0 unspecified atom stereocenters. The maximum Gasteiger partial charge on any atom is 0.178 e. The Morgan fingerprint density at radius 1 is 1.38 bits per heavy atom. The van der Waals surface area contributed by atoms with E-state index in [0.29, 0.717) is 18.3 Å². The summed E-state index contributed by atoms with van der Waals surface area (Å²) in [5.41, 5.74) is 0.522. The maximum atomic E-state index is 13.2. The third kappa shape index (κ3) is 2.27. The molecule has 0 spiro atoms. The fourth-order valence-electron chi connectivity index (χ4n) is 7.46. The van der Waals surface area contributed by atoms with Crippen molar-refractivity contribution < 1.29 is 19.1 Å². The second-order valence-corrected chi connectivity index (χ2v) is 9.59. The molecule has 0 heterocycles. The van der Waals surface area contributed by atoms with Crippen molar-refractivity contribution in [3.05, 3.63) is 23.8 Å². The zero-order valence-electron chi connectivity index (χ0n) is 15.9. The molecule has 0 aliphatic heterocycles. The molecule has 0 aromatic heterocycles. The topological polar surface area (TPSA) is 54.4 Å². The summed E-state index contributed by atoms with van der Waals surface area (Å²) in [6.07, 6.45) is 8.13. The number of aliphatic hydroxyl groups is 1. The molecule has 0 bridgehead atoms. The maximum absolute atomic E-state index is 13.2. The lowest BCUT2D eigenvalue weighted by molar-refractivity contribution is -0.140. The van der Waals surface area contributed by atoms with Gasteiger partial charge in [-0.1, -0.05) is 32.4 Å². The van der Waals surface area contributed by atoms with E-state index in [1.807, 2.05) is 6.08 Å². The molecule has 0 amide bonds. The van der Waals surface area contributed by atoms with Gasteiger partial charge in [-0.15, -0.1) is 0 Å². The van der Waals surface area contributed by atoms with Crippen molar-refractivity contribution in [2.45, 2.75) is 52.6 Å². The Morgan fingerprint density at radius 3 is 2.81 bits per heavy atom. The van der Waals surface area contributed by atoms with Gasteiger partial charge in [0.2, 0.25) is 0 Å². The summed E-state index contributed by atoms with van der Waals surface area (Å²) in [7, 11) is 0. The summed E-state index contributed by atoms with van der Waals surface area (Å²) in [5, 5.41) is 11.2. The van der Waals surface area contributed by atoms with E-state index in [4.69, 9.17) is 0 Å². The SMILES string of the molecule is C[C@@H]1C[C@H]2[C@@H]3CCC4=CC(=O)C=C[C@]4(C)[C@H]3[C@@H](O)C[C@]2(C)[C@H]1C(=O)CF. The highest BCUT2D eigenvalue weighted by Crippen LogP contribution is 2.67. The number of rotatable bonds is 2. The van der Waals surface area contributed by atoms with Crippen LogP contribution in [0, 0.1) is 40.4 Å². The van der Waals surface area contributed by atoms with E-state index in [9.17, 15) is 19.1 Å². The van der Waals surface area contributed by atoms with Crippen molar-refractivity contribution in [3.8, 4) is 0 Å². The van der Waals surface area contributed by atoms with E-state index >= 15 is 0 Å². The number of carbonyl (C=O) groups is 2. The molecule has 3 fully saturated rings. The number of hydrogen-bond donors (Lipinski definition) is 1. The molecule has 1 N–H and O–H groups in total. The van der Waals surface area contributed by atoms with Crippen molar-refractivity contribution in [2.75, 3.05) is 6.67 Å². The largest absolute Gasteiger partial charge is 0.393 e. The third-order valence-corrected chi connectivity index (χ3v) is 8.31. The van der Waals surface area contributed by atoms with Gasteiger partial charge in [0.25, 0.3) is 0 Å². The van der Waals surface area contributed by atoms with Crippen LogP contribution in [0.1, 0.15) is 46.5 Å². The highest BCUT2D eigenvalue weighted by molar-refractivity contribution is 6.01. The Labute approximate surface area is 154 Å². The number of alkyl halides is 1. The predicted octanol–water partition coefficient (Wildman–Crippen LogP) is 3.67. The van der Waals surface area contributed by atoms with Crippen molar-refractivity contribution in [1.82, 2.24) is 0 Å². The number of allylic oxidation sites excluding steroid dienone is 4. The Kier molecular flexibility index (Phi) is 4.07. The van der Waals surface area contributed by atoms with Gasteiger partial charge in [-0.3, -0.25) is 9.59 Å². The van der Waals surface area contributed by atoms with Crippen LogP contribution in [0.15, 0.2) is 23.8 Å². The van der Waals surface area contributed by atoms with E-state index in [1.165, 1.54) is 0 Å². The van der Waals surface area contributed by atoms with Gasteiger partial charge in [-0.2, -0.15) is 0 Å². The first kappa shape index (κ1) is 18.1. The van der Waals surface area contributed by atoms with E-state index in [0.717, 1.165) is 24.8 Å². The van der Waals surface area contributed by atoms with Crippen molar-refractivity contribution in [3.63, 3.8) is 0 Å². The molecule has 4 aliphatic rings. The van der Waals surface area contributed by atoms with Crippen LogP contribution in [0.3, 0.4) is 0 Å². The number of fused-ring (bicyclic) bond motifs is 5. The molecule has 0 saturated heterocycles. The molecule has 4 rings (SSSR count). The molecule has 26 heavy (non-hydrogen) atoms. The molecule has 8 atom stereocenters. The number of carbonyl (C=O) groups excluding carboxylic acids is 2. The van der Waals surface area contributed by atoms with Crippen LogP contribution in [0.5, 0.6) is 0 Å². The minimum atomic E-state index is -0.906. The summed E-state index contributed by atoms with van der Waals surface area (Å²) in [6, 6.07) is 0. The minimum absolute atomic E-state index is 0.0363. The zero-order valence-corrected chi connectivity index (χ0v) is 15.9. The molecule has 0 aromatic carbocycles. The van der Waals surface area contributed by atoms with Crippen LogP contribution in [0.25, 0.3) is 0 Å². The third-order valence-electron chi connectivity index (χ3n) is 8.31. The monoisotopic (exact) mass is 360 g/mol. The second-order valence-electron chi connectivity index (χ2n) is 9.59. The first-order chi connectivity index (χ1) is 12.2. The van der Waals surface area contributed by atoms with Crippen LogP contribution in [0.4, 0.5) is 4.39 Å². The first-order valence-corrected chi connectivity index (χ1v) is 9.93. The molecule has 142 valence electrons.